The molecule has 4 heteroatoms. The molecule has 36 heavy (non-hydrogen) atoms. The molecule has 6 rings (SSSR count). The molecule has 0 amide bonds. The Hall–Kier alpha value is -4.18. The van der Waals surface area contributed by atoms with Crippen molar-refractivity contribution in [1.29, 1.82) is 0 Å². The van der Waals surface area contributed by atoms with Gasteiger partial charge in [-0.1, -0.05) is 32.9 Å². The van der Waals surface area contributed by atoms with E-state index in [1.807, 2.05) is 0 Å². The molecule has 8 bridgehead atoms. The minimum absolute atomic E-state index is 0.936. The highest BCUT2D eigenvalue weighted by Crippen LogP contribution is 2.36. The van der Waals surface area contributed by atoms with Crippen LogP contribution >= 0.6 is 0 Å². The summed E-state index contributed by atoms with van der Waals surface area (Å²) in [6.07, 6.45) is 11.4. The van der Waals surface area contributed by atoms with E-state index >= 15 is 0 Å². The van der Waals surface area contributed by atoms with Gasteiger partial charge in [-0.25, -0.2) is 9.97 Å². The molecule has 0 saturated carbocycles. The summed E-state index contributed by atoms with van der Waals surface area (Å²) < 4.78 is 0. The molecule has 2 N–H and O–H groups in total. The van der Waals surface area contributed by atoms with E-state index in [4.69, 9.17) is 9.97 Å². The summed E-state index contributed by atoms with van der Waals surface area (Å²) >= 11 is 0. The van der Waals surface area contributed by atoms with E-state index in [1.165, 1.54) is 22.3 Å². The molecule has 0 radical (unpaired) electrons. The van der Waals surface area contributed by atoms with Gasteiger partial charge in [0, 0.05) is 27.6 Å². The Balaban J connectivity index is 1.74. The maximum absolute atomic E-state index is 5.10. The smallest absolute Gasteiger partial charge is 0.0737 e. The molecule has 4 aromatic rings. The van der Waals surface area contributed by atoms with Crippen molar-refractivity contribution in [2.45, 2.75) is 40.0 Å². The zero-order chi connectivity index (χ0) is 24.6. The van der Waals surface area contributed by atoms with E-state index in [9.17, 15) is 0 Å². The highest BCUT2D eigenvalue weighted by molar-refractivity contribution is 5.93. The van der Waals surface area contributed by atoms with Crippen molar-refractivity contribution in [2.24, 2.45) is 0 Å². The van der Waals surface area contributed by atoms with Crippen LogP contribution in [0.25, 0.3) is 57.5 Å². The lowest BCUT2D eigenvalue weighted by atomic mass is 9.88. The van der Waals surface area contributed by atoms with Crippen molar-refractivity contribution in [3.63, 3.8) is 0 Å². The van der Waals surface area contributed by atoms with Crippen molar-refractivity contribution in [1.82, 2.24) is 19.9 Å². The molecule has 4 nitrogen and oxygen atoms in total. The van der Waals surface area contributed by atoms with Gasteiger partial charge in [0.15, 0.2) is 0 Å². The predicted molar refractivity (Wildman–Crippen MR) is 152 cm³/mol. The number of H-pyrrole nitrogens is 2. The summed E-state index contributed by atoms with van der Waals surface area (Å²) in [5.74, 6) is 0. The second-order valence-electron chi connectivity index (χ2n) is 9.40. The van der Waals surface area contributed by atoms with Crippen LogP contribution in [-0.4, -0.2) is 19.9 Å². The Morgan fingerprint density at radius 1 is 0.556 bits per heavy atom. The van der Waals surface area contributed by atoms with E-state index in [0.717, 1.165) is 69.7 Å². The summed E-state index contributed by atoms with van der Waals surface area (Å²) in [6.45, 7) is 6.73. The topological polar surface area (TPSA) is 57.4 Å². The molecular formula is C32H30N4. The first kappa shape index (κ1) is 22.3. The minimum atomic E-state index is 0.936. The number of fused-ring (bicyclic) bond motifs is 8. The number of hydrogen-bond acceptors (Lipinski definition) is 2. The van der Waals surface area contributed by atoms with E-state index in [0.29, 0.717) is 0 Å². The number of aromatic amines is 2. The molecule has 2 aliphatic heterocycles. The van der Waals surface area contributed by atoms with Crippen LogP contribution in [0.1, 0.15) is 60.2 Å². The van der Waals surface area contributed by atoms with Crippen LogP contribution in [-0.2, 0) is 19.3 Å². The van der Waals surface area contributed by atoms with Gasteiger partial charge in [-0.2, -0.15) is 0 Å². The quantitative estimate of drug-likeness (QED) is 0.274. The first-order valence-electron chi connectivity index (χ1n) is 12.9. The largest absolute Gasteiger partial charge is 0.355 e. The zero-order valence-electron chi connectivity index (χ0n) is 21.0. The van der Waals surface area contributed by atoms with E-state index in [-0.39, 0.29) is 0 Å². The summed E-state index contributed by atoms with van der Waals surface area (Å²) in [7, 11) is 0. The molecule has 0 spiro atoms. The van der Waals surface area contributed by atoms with Crippen molar-refractivity contribution in [3.05, 3.63) is 94.1 Å². The van der Waals surface area contributed by atoms with Gasteiger partial charge in [0.2, 0.25) is 0 Å². The number of aryl methyl sites for hydroxylation is 3. The van der Waals surface area contributed by atoms with Crippen LogP contribution in [0.2, 0.25) is 0 Å². The summed E-state index contributed by atoms with van der Waals surface area (Å²) in [4.78, 5) is 17.0. The first-order chi connectivity index (χ1) is 17.6. The Kier molecular flexibility index (Phi) is 5.65. The number of aromatic nitrogens is 4. The third-order valence-electron chi connectivity index (χ3n) is 7.00. The number of hydrogen-bond donors (Lipinski definition) is 2. The monoisotopic (exact) mass is 470 g/mol. The normalized spacial score (nSPS) is 12.4. The molecule has 0 fully saturated rings. The SMILES string of the molecule is CCc1cc(CC)c(-c2c3nc(cc4ccc(cc5nc(cc6ccc2[nH]6)C=C5)[nH]4)C=C3)c(CC)c1. The molecule has 0 atom stereocenters. The second-order valence-corrected chi connectivity index (χ2v) is 9.40. The lowest BCUT2D eigenvalue weighted by Gasteiger charge is -2.17. The highest BCUT2D eigenvalue weighted by Gasteiger charge is 2.17. The molecule has 1 aromatic carbocycles. The highest BCUT2D eigenvalue weighted by atomic mass is 14.8. The summed E-state index contributed by atoms with van der Waals surface area (Å²) in [5, 5.41) is 0. The summed E-state index contributed by atoms with van der Waals surface area (Å²) in [6, 6.07) is 19.5. The van der Waals surface area contributed by atoms with Gasteiger partial charge in [-0.05, 0) is 108 Å². The van der Waals surface area contributed by atoms with Crippen LogP contribution in [0.3, 0.4) is 0 Å². The van der Waals surface area contributed by atoms with E-state index < -0.39 is 0 Å². The van der Waals surface area contributed by atoms with Crippen LogP contribution in [0.5, 0.6) is 0 Å². The fourth-order valence-electron chi connectivity index (χ4n) is 5.19. The minimum Gasteiger partial charge on any atom is -0.355 e. The average Bonchev–Trinajstić information content (AvgIpc) is 3.70. The van der Waals surface area contributed by atoms with Crippen LogP contribution < -0.4 is 0 Å². The second kappa shape index (κ2) is 9.12. The number of rotatable bonds is 4. The molecule has 0 unspecified atom stereocenters. The maximum Gasteiger partial charge on any atom is 0.0737 e. The lowest BCUT2D eigenvalue weighted by Crippen LogP contribution is -1.99. The Morgan fingerprint density at radius 2 is 1.11 bits per heavy atom. The van der Waals surface area contributed by atoms with Crippen LogP contribution in [0.4, 0.5) is 0 Å². The molecule has 178 valence electrons. The van der Waals surface area contributed by atoms with Gasteiger partial charge in [0.05, 0.1) is 22.8 Å². The fourth-order valence-corrected chi connectivity index (χ4v) is 5.19. The maximum atomic E-state index is 5.10. The lowest BCUT2D eigenvalue weighted by molar-refractivity contribution is 1.05. The predicted octanol–water partition coefficient (Wildman–Crippen LogP) is 8.01. The van der Waals surface area contributed by atoms with Gasteiger partial charge in [-0.3, -0.25) is 0 Å². The molecule has 5 heterocycles. The Labute approximate surface area is 211 Å². The van der Waals surface area contributed by atoms with Crippen LogP contribution in [0.15, 0.2) is 54.6 Å². The standard InChI is InChI=1S/C32H30N4/c1-4-20-15-21(5-2)31(22(6-3)16-20)32-29-13-11-27(35-29)18-25-9-7-23(33-25)17-24-8-10-26(34-24)19-28-12-14-30(32)36-28/h7-19,33,36H,4-6H2,1-3H3. The zero-order valence-corrected chi connectivity index (χ0v) is 21.0. The Bertz CT molecular complexity index is 1670. The number of nitrogens with one attached hydrogen (secondary N) is 2. The first-order valence-corrected chi connectivity index (χ1v) is 12.9. The Morgan fingerprint density at radius 3 is 1.72 bits per heavy atom. The number of nitrogens with zero attached hydrogens (tertiary/aromatic N) is 2. The van der Waals surface area contributed by atoms with Crippen molar-refractivity contribution in [2.75, 3.05) is 0 Å². The van der Waals surface area contributed by atoms with Gasteiger partial charge >= 0.3 is 0 Å². The fraction of sp³-hybridized carbons (Fsp3) is 0.188. The average molecular weight is 471 g/mol. The molecule has 0 aliphatic carbocycles. The van der Waals surface area contributed by atoms with Crippen molar-refractivity contribution >= 4 is 46.4 Å². The van der Waals surface area contributed by atoms with Gasteiger partial charge < -0.3 is 9.97 Å². The van der Waals surface area contributed by atoms with Gasteiger partial charge in [-0.15, -0.1) is 0 Å². The molecule has 3 aromatic heterocycles. The van der Waals surface area contributed by atoms with E-state index in [1.54, 1.807) is 0 Å². The third-order valence-corrected chi connectivity index (χ3v) is 7.00. The van der Waals surface area contributed by atoms with Gasteiger partial charge in [0.25, 0.3) is 0 Å². The van der Waals surface area contributed by atoms with E-state index in [2.05, 4.69) is 110 Å². The van der Waals surface area contributed by atoms with Crippen LogP contribution in [0, 0.1) is 0 Å². The molecule has 2 aliphatic rings. The molecule has 0 saturated heterocycles. The van der Waals surface area contributed by atoms with Crippen molar-refractivity contribution in [3.8, 4) is 11.1 Å². The summed E-state index contributed by atoms with van der Waals surface area (Å²) in [5.41, 5.74) is 14.6. The molecular weight excluding hydrogens is 440 g/mol. The number of benzene rings is 1. The third kappa shape index (κ3) is 4.09. The van der Waals surface area contributed by atoms with Crippen molar-refractivity contribution < 1.29 is 0 Å². The van der Waals surface area contributed by atoms with Gasteiger partial charge in [0.1, 0.15) is 0 Å².